The predicted octanol–water partition coefficient (Wildman–Crippen LogP) is 2.12. The van der Waals surface area contributed by atoms with Crippen LogP contribution in [-0.2, 0) is 21.4 Å². The Morgan fingerprint density at radius 1 is 0.948 bits per heavy atom. The Morgan fingerprint density at radius 3 is 2.45 bits per heavy atom. The van der Waals surface area contributed by atoms with Gasteiger partial charge >= 0.3 is 6.09 Å². The van der Waals surface area contributed by atoms with Gasteiger partial charge in [-0.2, -0.15) is 4.98 Å². The molecule has 3 N–H and O–H groups in total. The highest BCUT2D eigenvalue weighted by atomic mass is 35.5. The first kappa shape index (κ1) is 38.6. The summed E-state index contributed by atoms with van der Waals surface area (Å²) < 4.78 is 11.8. The molecule has 18 nitrogen and oxygen atoms in total. The van der Waals surface area contributed by atoms with Crippen LogP contribution in [0.2, 0.25) is 5.02 Å². The number of carbonyl (C=O) groups is 5. The SMILES string of the molecule is CNC(=O)COc1cc2cc(Nc3nc(N4CCC(CN5CCN(c6ccc7c(c6)C(=O)N(C6COC(=O)NC6=O)C7=O)CC5)CC4)ncc3Cl)ccc2n(C)c1=O. The van der Waals surface area contributed by atoms with Crippen LogP contribution < -0.4 is 36.0 Å². The first-order valence-corrected chi connectivity index (χ1v) is 19.3. The van der Waals surface area contributed by atoms with Crippen molar-refractivity contribution in [1.29, 1.82) is 0 Å². The standard InChI is InChI=1S/C39H41ClN10O8/c1-41-32(51)21-57-31-16-23-15-24(3-6-29(23)46(2)37(31)55)43-33-28(40)18-42-38(44-33)49-9-7-22(8-10-49)19-47-11-13-48(14-12-47)25-4-5-26-27(17-25)36(54)50(35(26)53)30-20-58-39(56)45-34(30)52/h3-6,15-18,22,30H,7-14,19-21H2,1-2H3,(H,41,51)(H,42,43,44)(H,45,52,56). The summed E-state index contributed by atoms with van der Waals surface area (Å²) in [5.74, 6) is -0.658. The Bertz CT molecular complexity index is 2390. The largest absolute Gasteiger partial charge is 0.478 e. The number of pyridine rings is 1. The highest BCUT2D eigenvalue weighted by Gasteiger charge is 2.45. The fraction of sp³-hybridized carbons (Fsp3) is 0.385. The van der Waals surface area contributed by atoms with Gasteiger partial charge in [-0.3, -0.25) is 39.1 Å². The molecule has 3 saturated heterocycles. The minimum absolute atomic E-state index is 0.0664. The minimum Gasteiger partial charge on any atom is -0.478 e. The summed E-state index contributed by atoms with van der Waals surface area (Å²) in [4.78, 5) is 91.6. The Hall–Kier alpha value is -6.27. The maximum atomic E-state index is 13.3. The minimum atomic E-state index is -1.21. The molecule has 2 aromatic heterocycles. The smallest absolute Gasteiger partial charge is 0.413 e. The molecule has 2 aromatic carbocycles. The Labute approximate surface area is 337 Å². The number of aryl methyl sites for hydroxylation is 1. The molecule has 4 aromatic rings. The molecule has 0 aliphatic carbocycles. The number of imide groups is 2. The van der Waals surface area contributed by atoms with Gasteiger partial charge in [0.25, 0.3) is 29.2 Å². The molecule has 0 saturated carbocycles. The number of amides is 5. The summed E-state index contributed by atoms with van der Waals surface area (Å²) in [7, 11) is 3.14. The van der Waals surface area contributed by atoms with Crippen molar-refractivity contribution in [3.8, 4) is 5.75 Å². The number of benzene rings is 2. The lowest BCUT2D eigenvalue weighted by atomic mass is 9.96. The second-order valence-corrected chi connectivity index (χ2v) is 15.0. The van der Waals surface area contributed by atoms with Gasteiger partial charge in [0.15, 0.2) is 24.2 Å². The molecule has 5 amide bonds. The van der Waals surface area contributed by atoms with Crippen molar-refractivity contribution < 1.29 is 33.4 Å². The number of rotatable bonds is 10. The van der Waals surface area contributed by atoms with Crippen LogP contribution >= 0.6 is 11.6 Å². The van der Waals surface area contributed by atoms with Crippen LogP contribution in [0.1, 0.15) is 33.6 Å². The van der Waals surface area contributed by atoms with Crippen molar-refractivity contribution in [2.75, 3.05) is 81.2 Å². The van der Waals surface area contributed by atoms with Crippen LogP contribution in [0.25, 0.3) is 10.9 Å². The maximum absolute atomic E-state index is 13.3. The molecule has 302 valence electrons. The van der Waals surface area contributed by atoms with E-state index >= 15 is 0 Å². The van der Waals surface area contributed by atoms with E-state index in [1.807, 2.05) is 29.6 Å². The van der Waals surface area contributed by atoms with E-state index in [2.05, 4.69) is 30.3 Å². The van der Waals surface area contributed by atoms with Gasteiger partial charge in [0.05, 0.1) is 22.8 Å². The summed E-state index contributed by atoms with van der Waals surface area (Å²) >= 11 is 6.55. The number of alkyl carbamates (subject to hydrolysis) is 1. The fourth-order valence-electron chi connectivity index (χ4n) is 7.82. The van der Waals surface area contributed by atoms with Crippen LogP contribution in [0.15, 0.2) is 53.5 Å². The van der Waals surface area contributed by atoms with Crippen molar-refractivity contribution >= 4 is 75.4 Å². The van der Waals surface area contributed by atoms with Gasteiger partial charge < -0.3 is 34.5 Å². The number of fused-ring (bicyclic) bond motifs is 2. The Balaban J connectivity index is 0.842. The summed E-state index contributed by atoms with van der Waals surface area (Å²) in [6, 6.07) is 11.1. The number of piperazine rings is 1. The Morgan fingerprint density at radius 2 is 1.71 bits per heavy atom. The number of aromatic nitrogens is 3. The van der Waals surface area contributed by atoms with E-state index in [1.54, 1.807) is 31.4 Å². The van der Waals surface area contributed by atoms with E-state index in [4.69, 9.17) is 26.1 Å². The van der Waals surface area contributed by atoms with Crippen LogP contribution in [0.5, 0.6) is 5.75 Å². The molecular weight excluding hydrogens is 772 g/mol. The zero-order chi connectivity index (χ0) is 40.7. The molecule has 58 heavy (non-hydrogen) atoms. The maximum Gasteiger partial charge on any atom is 0.413 e. The van der Waals surface area contributed by atoms with Crippen LogP contribution in [0.3, 0.4) is 0 Å². The highest BCUT2D eigenvalue weighted by Crippen LogP contribution is 2.32. The fourth-order valence-corrected chi connectivity index (χ4v) is 7.96. The number of nitrogens with zero attached hydrogens (tertiary/aromatic N) is 7. The van der Waals surface area contributed by atoms with Gasteiger partial charge in [-0.15, -0.1) is 0 Å². The second-order valence-electron chi connectivity index (χ2n) is 14.6. The van der Waals surface area contributed by atoms with Crippen molar-refractivity contribution in [2.24, 2.45) is 13.0 Å². The van der Waals surface area contributed by atoms with Crippen LogP contribution in [0, 0.1) is 5.92 Å². The van der Waals surface area contributed by atoms with Gasteiger partial charge in [-0.05, 0) is 61.2 Å². The number of nitrogens with one attached hydrogen (secondary N) is 3. The average Bonchev–Trinajstić information content (AvgIpc) is 3.47. The first-order valence-electron chi connectivity index (χ1n) is 19.0. The molecule has 6 heterocycles. The van der Waals surface area contributed by atoms with Crippen molar-refractivity contribution in [3.05, 3.63) is 75.2 Å². The van der Waals surface area contributed by atoms with Gasteiger partial charge in [0.1, 0.15) is 11.6 Å². The number of carbonyl (C=O) groups excluding carboxylic acids is 5. The zero-order valence-electron chi connectivity index (χ0n) is 31.8. The third-order valence-electron chi connectivity index (χ3n) is 11.1. The van der Waals surface area contributed by atoms with Crippen molar-refractivity contribution in [3.63, 3.8) is 0 Å². The number of anilines is 4. The average molecular weight is 813 g/mol. The van der Waals surface area contributed by atoms with E-state index in [-0.39, 0.29) is 41.6 Å². The van der Waals surface area contributed by atoms with Gasteiger partial charge in [0.2, 0.25) is 5.95 Å². The molecule has 4 aliphatic heterocycles. The monoisotopic (exact) mass is 812 g/mol. The molecule has 8 rings (SSSR count). The van der Waals surface area contributed by atoms with Crippen LogP contribution in [0.4, 0.5) is 27.9 Å². The Kier molecular flexibility index (Phi) is 10.6. The lowest BCUT2D eigenvalue weighted by Gasteiger charge is -2.39. The van der Waals surface area contributed by atoms with Gasteiger partial charge in [-0.25, -0.2) is 9.78 Å². The molecule has 0 spiro atoms. The highest BCUT2D eigenvalue weighted by molar-refractivity contribution is 6.33. The van der Waals surface area contributed by atoms with Crippen molar-refractivity contribution in [2.45, 2.75) is 18.9 Å². The first-order chi connectivity index (χ1) is 28.0. The van der Waals surface area contributed by atoms with E-state index in [0.29, 0.717) is 33.9 Å². The molecule has 1 atom stereocenters. The number of cyclic esters (lactones) is 1. The molecule has 0 bridgehead atoms. The predicted molar refractivity (Wildman–Crippen MR) is 213 cm³/mol. The second kappa shape index (κ2) is 15.9. The molecule has 0 radical (unpaired) electrons. The third-order valence-corrected chi connectivity index (χ3v) is 11.4. The van der Waals surface area contributed by atoms with E-state index in [1.165, 1.54) is 11.6 Å². The van der Waals surface area contributed by atoms with E-state index in [9.17, 15) is 28.8 Å². The lowest BCUT2D eigenvalue weighted by molar-refractivity contribution is -0.128. The topological polar surface area (TPSA) is 201 Å². The number of hydrogen-bond donors (Lipinski definition) is 3. The zero-order valence-corrected chi connectivity index (χ0v) is 32.6. The number of ether oxygens (including phenoxy) is 2. The molecule has 19 heteroatoms. The summed E-state index contributed by atoms with van der Waals surface area (Å²) in [6.07, 6.45) is 2.63. The van der Waals surface area contributed by atoms with E-state index < -0.39 is 29.9 Å². The molecule has 1 unspecified atom stereocenters. The van der Waals surface area contributed by atoms with Crippen molar-refractivity contribution in [1.82, 2.24) is 35.0 Å². The summed E-state index contributed by atoms with van der Waals surface area (Å²) in [6.45, 7) is 5.08. The quantitative estimate of drug-likeness (QED) is 0.197. The van der Waals surface area contributed by atoms with Crippen LogP contribution in [-0.4, -0.2) is 126 Å². The molecule has 3 fully saturated rings. The van der Waals surface area contributed by atoms with E-state index in [0.717, 1.165) is 74.6 Å². The molecule has 4 aliphatic rings. The normalized spacial score (nSPS) is 18.9. The summed E-state index contributed by atoms with van der Waals surface area (Å²) in [5, 5.41) is 8.86. The number of halogens is 1. The van der Waals surface area contributed by atoms with Gasteiger partial charge in [0, 0.05) is 76.7 Å². The lowest BCUT2D eigenvalue weighted by Crippen LogP contribution is -2.57. The van der Waals surface area contributed by atoms with Gasteiger partial charge in [-0.1, -0.05) is 11.6 Å². The number of piperidine rings is 1. The molecular formula is C39H41ClN10O8. The third kappa shape index (κ3) is 7.59. The number of hydrogen-bond acceptors (Lipinski definition) is 14. The summed E-state index contributed by atoms with van der Waals surface area (Å²) in [5.41, 5.74) is 2.33. The number of likely N-dealkylation sites (N-methyl/N-ethyl adjacent to an activating group) is 1.